The third-order valence-electron chi connectivity index (χ3n) is 5.04. The fourth-order valence-electron chi connectivity index (χ4n) is 3.62. The highest BCUT2D eigenvalue weighted by atomic mass is 19.1. The maximum Gasteiger partial charge on any atom is 0.254 e. The van der Waals surface area contributed by atoms with Gasteiger partial charge in [-0.3, -0.25) is 0 Å². The number of benzene rings is 1. The Kier molecular flexibility index (Phi) is 3.67. The van der Waals surface area contributed by atoms with Gasteiger partial charge in [-0.05, 0) is 44.4 Å². The Bertz CT molecular complexity index is 871. The molecule has 1 aliphatic carbocycles. The number of fused-ring (bicyclic) bond motifs is 1. The molecule has 6 heteroatoms. The van der Waals surface area contributed by atoms with Crippen LogP contribution in [0.1, 0.15) is 42.0 Å². The molecule has 2 unspecified atom stereocenters. The van der Waals surface area contributed by atoms with Crippen molar-refractivity contribution in [1.82, 2.24) is 19.6 Å². The minimum atomic E-state index is -0.189. The van der Waals surface area contributed by atoms with Crippen molar-refractivity contribution >= 4 is 11.6 Å². The van der Waals surface area contributed by atoms with Gasteiger partial charge in [-0.25, -0.2) is 9.37 Å². The third kappa shape index (κ3) is 2.52. The summed E-state index contributed by atoms with van der Waals surface area (Å²) in [6.07, 6.45) is 4.87. The molecular weight excluding hydrogens is 305 g/mol. The molecule has 2 atom stereocenters. The minimum absolute atomic E-state index is 0.189. The van der Waals surface area contributed by atoms with Crippen molar-refractivity contribution in [3.63, 3.8) is 0 Å². The second-order valence-corrected chi connectivity index (χ2v) is 6.48. The van der Waals surface area contributed by atoms with Crippen LogP contribution < -0.4 is 5.32 Å². The van der Waals surface area contributed by atoms with Gasteiger partial charge < -0.3 is 5.32 Å². The first-order valence-electron chi connectivity index (χ1n) is 8.32. The molecule has 1 saturated carbocycles. The first kappa shape index (κ1) is 15.1. The second kappa shape index (κ2) is 5.85. The molecule has 0 bridgehead atoms. The van der Waals surface area contributed by atoms with E-state index < -0.39 is 0 Å². The molecule has 1 aliphatic rings. The van der Waals surface area contributed by atoms with Crippen molar-refractivity contribution in [3.05, 3.63) is 53.2 Å². The molecule has 0 aliphatic heterocycles. The standard InChI is InChI=1S/C18H20FN5/c1-11-12(2)22-18-20-10-21-24(18)17(11)23-16-5-3-4-15(16)13-6-8-14(19)9-7-13/h6-10,15-16,23H,3-5H2,1-2H3. The molecule has 3 aromatic rings. The molecular formula is C18H20FN5. The van der Waals surface area contributed by atoms with Crippen LogP contribution in [0.3, 0.4) is 0 Å². The number of hydrogen-bond donors (Lipinski definition) is 1. The Morgan fingerprint density at radius 3 is 2.75 bits per heavy atom. The van der Waals surface area contributed by atoms with Crippen LogP contribution >= 0.6 is 0 Å². The highest BCUT2D eigenvalue weighted by molar-refractivity contribution is 5.53. The van der Waals surface area contributed by atoms with Crippen LogP contribution in [-0.2, 0) is 0 Å². The maximum atomic E-state index is 13.2. The fraction of sp³-hybridized carbons (Fsp3) is 0.389. The maximum absolute atomic E-state index is 13.2. The third-order valence-corrected chi connectivity index (χ3v) is 5.04. The monoisotopic (exact) mass is 325 g/mol. The Morgan fingerprint density at radius 2 is 1.96 bits per heavy atom. The van der Waals surface area contributed by atoms with Crippen molar-refractivity contribution in [1.29, 1.82) is 0 Å². The number of hydrogen-bond acceptors (Lipinski definition) is 4. The van der Waals surface area contributed by atoms with E-state index in [-0.39, 0.29) is 5.82 Å². The van der Waals surface area contributed by atoms with E-state index in [0.717, 1.165) is 36.3 Å². The molecule has 5 nitrogen and oxygen atoms in total. The number of aromatic nitrogens is 4. The highest BCUT2D eigenvalue weighted by Crippen LogP contribution is 2.37. The van der Waals surface area contributed by atoms with Gasteiger partial charge in [-0.2, -0.15) is 14.6 Å². The molecule has 1 aromatic carbocycles. The molecule has 0 saturated heterocycles. The lowest BCUT2D eigenvalue weighted by atomic mass is 9.94. The average Bonchev–Trinajstić information content (AvgIpc) is 3.21. The van der Waals surface area contributed by atoms with Gasteiger partial charge in [0.05, 0.1) is 0 Å². The first-order chi connectivity index (χ1) is 11.6. The van der Waals surface area contributed by atoms with E-state index in [2.05, 4.69) is 20.4 Å². The SMILES string of the molecule is Cc1nc2ncnn2c(NC2CCCC2c2ccc(F)cc2)c1C. The zero-order valence-electron chi connectivity index (χ0n) is 13.8. The van der Waals surface area contributed by atoms with E-state index in [1.54, 1.807) is 16.6 Å². The van der Waals surface area contributed by atoms with Crippen LogP contribution in [0.2, 0.25) is 0 Å². The molecule has 124 valence electrons. The summed E-state index contributed by atoms with van der Waals surface area (Å²) in [5.41, 5.74) is 3.22. The first-order valence-corrected chi connectivity index (χ1v) is 8.32. The van der Waals surface area contributed by atoms with Gasteiger partial charge in [-0.15, -0.1) is 0 Å². The normalized spacial score (nSPS) is 20.6. The number of nitrogens with one attached hydrogen (secondary N) is 1. The minimum Gasteiger partial charge on any atom is -0.366 e. The Labute approximate surface area is 139 Å². The van der Waals surface area contributed by atoms with Crippen molar-refractivity contribution in [2.24, 2.45) is 0 Å². The topological polar surface area (TPSA) is 55.1 Å². The summed E-state index contributed by atoms with van der Waals surface area (Å²) in [6.45, 7) is 4.04. The van der Waals surface area contributed by atoms with E-state index in [4.69, 9.17) is 0 Å². The van der Waals surface area contributed by atoms with Gasteiger partial charge >= 0.3 is 0 Å². The quantitative estimate of drug-likeness (QED) is 0.799. The fourth-order valence-corrected chi connectivity index (χ4v) is 3.62. The molecule has 0 spiro atoms. The molecule has 0 amide bonds. The van der Waals surface area contributed by atoms with Crippen LogP contribution in [0.5, 0.6) is 0 Å². The average molecular weight is 325 g/mol. The van der Waals surface area contributed by atoms with Crippen molar-refractivity contribution in [2.45, 2.75) is 45.1 Å². The largest absolute Gasteiger partial charge is 0.366 e. The lowest BCUT2D eigenvalue weighted by Crippen LogP contribution is -2.25. The van der Waals surface area contributed by atoms with Crippen LogP contribution in [0.25, 0.3) is 5.78 Å². The van der Waals surface area contributed by atoms with E-state index in [0.29, 0.717) is 17.7 Å². The highest BCUT2D eigenvalue weighted by Gasteiger charge is 2.29. The summed E-state index contributed by atoms with van der Waals surface area (Å²) in [4.78, 5) is 8.67. The van der Waals surface area contributed by atoms with Gasteiger partial charge in [-0.1, -0.05) is 18.6 Å². The van der Waals surface area contributed by atoms with Gasteiger partial charge in [0.2, 0.25) is 0 Å². The zero-order valence-corrected chi connectivity index (χ0v) is 13.8. The smallest absolute Gasteiger partial charge is 0.254 e. The summed E-state index contributed by atoms with van der Waals surface area (Å²) in [6, 6.07) is 7.18. The molecule has 4 rings (SSSR count). The molecule has 1 fully saturated rings. The number of halogens is 1. The second-order valence-electron chi connectivity index (χ2n) is 6.48. The van der Waals surface area contributed by atoms with Crippen molar-refractivity contribution < 1.29 is 4.39 Å². The summed E-state index contributed by atoms with van der Waals surface area (Å²) >= 11 is 0. The number of rotatable bonds is 3. The predicted octanol–water partition coefficient (Wildman–Crippen LogP) is 3.63. The molecule has 2 heterocycles. The van der Waals surface area contributed by atoms with E-state index in [1.165, 1.54) is 11.9 Å². The lowest BCUT2D eigenvalue weighted by molar-refractivity contribution is 0.617. The molecule has 24 heavy (non-hydrogen) atoms. The summed E-state index contributed by atoms with van der Waals surface area (Å²) in [7, 11) is 0. The van der Waals surface area contributed by atoms with E-state index >= 15 is 0 Å². The molecule has 2 aromatic heterocycles. The Morgan fingerprint density at radius 1 is 1.17 bits per heavy atom. The molecule has 1 N–H and O–H groups in total. The van der Waals surface area contributed by atoms with E-state index in [9.17, 15) is 4.39 Å². The lowest BCUT2D eigenvalue weighted by Gasteiger charge is -2.24. The number of anilines is 1. The van der Waals surface area contributed by atoms with Crippen molar-refractivity contribution in [3.8, 4) is 0 Å². The summed E-state index contributed by atoms with van der Waals surface area (Å²) in [5.74, 6) is 1.74. The van der Waals surface area contributed by atoms with Gasteiger partial charge in [0.1, 0.15) is 18.0 Å². The van der Waals surface area contributed by atoms with Crippen LogP contribution in [-0.4, -0.2) is 25.6 Å². The van der Waals surface area contributed by atoms with Gasteiger partial charge in [0, 0.05) is 23.2 Å². The number of nitrogens with zero attached hydrogens (tertiary/aromatic N) is 4. The number of aryl methyl sites for hydroxylation is 1. The summed E-state index contributed by atoms with van der Waals surface area (Å²) in [5, 5.41) is 7.97. The van der Waals surface area contributed by atoms with Gasteiger partial charge in [0.25, 0.3) is 5.78 Å². The van der Waals surface area contributed by atoms with E-state index in [1.807, 2.05) is 26.0 Å². The zero-order chi connectivity index (χ0) is 16.7. The van der Waals surface area contributed by atoms with Crippen LogP contribution in [0.4, 0.5) is 10.2 Å². The van der Waals surface area contributed by atoms with Gasteiger partial charge in [0.15, 0.2) is 0 Å². The Hall–Kier alpha value is -2.50. The molecule has 0 radical (unpaired) electrons. The van der Waals surface area contributed by atoms with Crippen LogP contribution in [0, 0.1) is 19.7 Å². The Balaban J connectivity index is 1.68. The van der Waals surface area contributed by atoms with Crippen LogP contribution in [0.15, 0.2) is 30.6 Å². The van der Waals surface area contributed by atoms with Crippen molar-refractivity contribution in [2.75, 3.05) is 5.32 Å². The predicted molar refractivity (Wildman–Crippen MR) is 90.7 cm³/mol. The summed E-state index contributed by atoms with van der Waals surface area (Å²) < 4.78 is 15.0.